The highest BCUT2D eigenvalue weighted by Gasteiger charge is 2.36. The highest BCUT2D eigenvalue weighted by Crippen LogP contribution is 2.31. The minimum atomic E-state index is 0.706. The summed E-state index contributed by atoms with van der Waals surface area (Å²) in [5.74, 6) is 1.13. The largest absolute Gasteiger partial charge is 0.353 e. The minimum Gasteiger partial charge on any atom is -0.353 e. The van der Waals surface area contributed by atoms with Crippen LogP contribution < -0.4 is 4.90 Å². The van der Waals surface area contributed by atoms with Crippen LogP contribution in [0.3, 0.4) is 0 Å². The molecule has 0 spiro atoms. The minimum absolute atomic E-state index is 0.706. The van der Waals surface area contributed by atoms with Crippen LogP contribution >= 0.6 is 11.3 Å². The molecule has 2 aliphatic heterocycles. The molecule has 25 heavy (non-hydrogen) atoms. The van der Waals surface area contributed by atoms with Crippen LogP contribution in [-0.2, 0) is 0 Å². The number of hydrogen-bond donors (Lipinski definition) is 0. The van der Waals surface area contributed by atoms with E-state index in [1.54, 1.807) is 17.7 Å². The monoisotopic (exact) mass is 357 g/mol. The molecule has 3 fully saturated rings. The van der Waals surface area contributed by atoms with E-state index in [1.807, 2.05) is 0 Å². The van der Waals surface area contributed by atoms with Crippen molar-refractivity contribution in [1.82, 2.24) is 19.8 Å². The fourth-order valence-electron chi connectivity index (χ4n) is 4.80. The Hall–Kier alpha value is -1.24. The van der Waals surface area contributed by atoms with Gasteiger partial charge >= 0.3 is 0 Å². The van der Waals surface area contributed by atoms with Crippen molar-refractivity contribution >= 4 is 27.4 Å². The third-order valence-corrected chi connectivity index (χ3v) is 7.18. The van der Waals surface area contributed by atoms with Crippen molar-refractivity contribution in [2.24, 2.45) is 0 Å². The smallest absolute Gasteiger partial charge is 0.140 e. The van der Waals surface area contributed by atoms with Crippen molar-refractivity contribution in [3.8, 4) is 0 Å². The topological polar surface area (TPSA) is 35.5 Å². The number of rotatable bonds is 3. The van der Waals surface area contributed by atoms with E-state index in [4.69, 9.17) is 0 Å². The third-order valence-electron chi connectivity index (χ3n) is 6.36. The van der Waals surface area contributed by atoms with Crippen LogP contribution in [0, 0.1) is 0 Å². The SMILES string of the molecule is c1nc(N2CC(N3CCN(C4CCCCC4)CC3)C2)c2ccsc2n1. The van der Waals surface area contributed by atoms with E-state index in [0.29, 0.717) is 6.04 Å². The Kier molecular flexibility index (Phi) is 4.36. The average molecular weight is 358 g/mol. The third kappa shape index (κ3) is 3.04. The van der Waals surface area contributed by atoms with E-state index in [0.717, 1.165) is 29.8 Å². The molecule has 5 rings (SSSR count). The maximum absolute atomic E-state index is 4.55. The molecule has 4 heterocycles. The first kappa shape index (κ1) is 16.0. The fourth-order valence-corrected chi connectivity index (χ4v) is 5.53. The first-order chi connectivity index (χ1) is 12.4. The summed E-state index contributed by atoms with van der Waals surface area (Å²) in [4.78, 5) is 17.9. The lowest BCUT2D eigenvalue weighted by molar-refractivity contribution is 0.0487. The number of thiophene rings is 1. The summed E-state index contributed by atoms with van der Waals surface area (Å²) in [6.07, 6.45) is 8.92. The van der Waals surface area contributed by atoms with E-state index < -0.39 is 0 Å². The average Bonchev–Trinajstić information content (AvgIpc) is 3.11. The van der Waals surface area contributed by atoms with E-state index in [-0.39, 0.29) is 0 Å². The standard InChI is InChI=1S/C19H27N5S/c1-2-4-15(5-3-1)22-7-9-23(10-8-22)16-12-24(13-16)18-17-6-11-25-19(17)21-14-20-18/h6,11,14-16H,1-5,7-10,12-13H2. The lowest BCUT2D eigenvalue weighted by Gasteiger charge is -2.49. The fraction of sp³-hybridized carbons (Fsp3) is 0.684. The second kappa shape index (κ2) is 6.82. The van der Waals surface area contributed by atoms with Gasteiger partial charge in [0.1, 0.15) is 17.0 Å². The molecule has 0 radical (unpaired) electrons. The molecule has 6 heteroatoms. The summed E-state index contributed by atoms with van der Waals surface area (Å²) in [6, 6.07) is 3.74. The maximum Gasteiger partial charge on any atom is 0.140 e. The van der Waals surface area contributed by atoms with Gasteiger partial charge in [0.2, 0.25) is 0 Å². The summed E-state index contributed by atoms with van der Waals surface area (Å²) in [7, 11) is 0. The molecular formula is C19H27N5S. The van der Waals surface area contributed by atoms with Crippen molar-refractivity contribution in [1.29, 1.82) is 0 Å². The number of aromatic nitrogens is 2. The maximum atomic E-state index is 4.55. The van der Waals surface area contributed by atoms with Gasteiger partial charge in [0.25, 0.3) is 0 Å². The highest BCUT2D eigenvalue weighted by atomic mass is 32.1. The van der Waals surface area contributed by atoms with Gasteiger partial charge in [-0.15, -0.1) is 11.3 Å². The Morgan fingerprint density at radius 2 is 1.60 bits per heavy atom. The molecule has 0 aromatic carbocycles. The molecule has 0 bridgehead atoms. The summed E-state index contributed by atoms with van der Waals surface area (Å²) in [5.41, 5.74) is 0. The van der Waals surface area contributed by atoms with Crippen LogP contribution in [0.25, 0.3) is 10.2 Å². The number of anilines is 1. The molecular weight excluding hydrogens is 330 g/mol. The molecule has 1 saturated carbocycles. The zero-order valence-electron chi connectivity index (χ0n) is 14.8. The van der Waals surface area contributed by atoms with Crippen LogP contribution in [0.5, 0.6) is 0 Å². The molecule has 2 aromatic rings. The van der Waals surface area contributed by atoms with Crippen molar-refractivity contribution < 1.29 is 0 Å². The summed E-state index contributed by atoms with van der Waals surface area (Å²) >= 11 is 1.70. The van der Waals surface area contributed by atoms with Gasteiger partial charge in [-0.1, -0.05) is 19.3 Å². The first-order valence-corrected chi connectivity index (χ1v) is 10.7. The normalized spacial score (nSPS) is 24.7. The zero-order chi connectivity index (χ0) is 16.6. The van der Waals surface area contributed by atoms with Gasteiger partial charge in [0, 0.05) is 51.4 Å². The number of nitrogens with zero attached hydrogens (tertiary/aromatic N) is 5. The molecule has 5 nitrogen and oxygen atoms in total. The van der Waals surface area contributed by atoms with Crippen LogP contribution in [0.1, 0.15) is 32.1 Å². The van der Waals surface area contributed by atoms with Crippen LogP contribution in [0.4, 0.5) is 5.82 Å². The van der Waals surface area contributed by atoms with Crippen molar-refractivity contribution in [2.75, 3.05) is 44.2 Å². The second-order valence-electron chi connectivity index (χ2n) is 7.76. The van der Waals surface area contributed by atoms with Crippen LogP contribution in [0.2, 0.25) is 0 Å². The lowest BCUT2D eigenvalue weighted by Crippen LogP contribution is -2.64. The summed E-state index contributed by atoms with van der Waals surface area (Å²) in [6.45, 7) is 7.25. The van der Waals surface area contributed by atoms with Crippen molar-refractivity contribution in [3.05, 3.63) is 17.8 Å². The summed E-state index contributed by atoms with van der Waals surface area (Å²) in [5, 5.41) is 3.33. The van der Waals surface area contributed by atoms with Crippen LogP contribution in [-0.4, -0.2) is 71.1 Å². The molecule has 134 valence electrons. The van der Waals surface area contributed by atoms with Gasteiger partial charge in [0.15, 0.2) is 0 Å². The Balaban J connectivity index is 1.16. The zero-order valence-corrected chi connectivity index (χ0v) is 15.6. The number of fused-ring (bicyclic) bond motifs is 1. The number of piperazine rings is 1. The van der Waals surface area contributed by atoms with Gasteiger partial charge in [-0.2, -0.15) is 0 Å². The molecule has 0 N–H and O–H groups in total. The predicted molar refractivity (Wildman–Crippen MR) is 103 cm³/mol. The Bertz CT molecular complexity index is 711. The van der Waals surface area contributed by atoms with Crippen molar-refractivity contribution in [3.63, 3.8) is 0 Å². The van der Waals surface area contributed by atoms with E-state index >= 15 is 0 Å². The van der Waals surface area contributed by atoms with Gasteiger partial charge in [0.05, 0.1) is 5.39 Å². The second-order valence-corrected chi connectivity index (χ2v) is 8.65. The molecule has 1 aliphatic carbocycles. The van der Waals surface area contributed by atoms with Gasteiger partial charge < -0.3 is 4.90 Å². The van der Waals surface area contributed by atoms with E-state index in [9.17, 15) is 0 Å². The first-order valence-electron chi connectivity index (χ1n) is 9.80. The number of hydrogen-bond acceptors (Lipinski definition) is 6. The summed E-state index contributed by atoms with van der Waals surface area (Å²) < 4.78 is 0. The predicted octanol–water partition coefficient (Wildman–Crippen LogP) is 2.83. The Morgan fingerprint density at radius 3 is 2.36 bits per heavy atom. The molecule has 2 aromatic heterocycles. The van der Waals surface area contributed by atoms with Gasteiger partial charge in [-0.25, -0.2) is 9.97 Å². The lowest BCUT2D eigenvalue weighted by atomic mass is 9.93. The van der Waals surface area contributed by atoms with E-state index in [2.05, 4.69) is 36.1 Å². The molecule has 0 unspecified atom stereocenters. The molecule has 0 atom stereocenters. The molecule has 0 amide bonds. The Morgan fingerprint density at radius 1 is 0.880 bits per heavy atom. The van der Waals surface area contributed by atoms with Gasteiger partial charge in [-0.3, -0.25) is 9.80 Å². The van der Waals surface area contributed by atoms with E-state index in [1.165, 1.54) is 63.7 Å². The highest BCUT2D eigenvalue weighted by molar-refractivity contribution is 7.16. The van der Waals surface area contributed by atoms with Crippen molar-refractivity contribution in [2.45, 2.75) is 44.2 Å². The molecule has 2 saturated heterocycles. The quantitative estimate of drug-likeness (QED) is 0.844. The Labute approximate surface area is 153 Å². The van der Waals surface area contributed by atoms with Gasteiger partial charge in [-0.05, 0) is 24.3 Å². The van der Waals surface area contributed by atoms with Crippen LogP contribution in [0.15, 0.2) is 17.8 Å². The molecule has 3 aliphatic rings.